The lowest BCUT2D eigenvalue weighted by molar-refractivity contribution is 0.0994. The number of carbonyl (C=O) groups is 1. The minimum atomic E-state index is -0.502. The maximum Gasteiger partial charge on any atom is 0.270 e. The summed E-state index contributed by atoms with van der Waals surface area (Å²) >= 11 is 0. The predicted octanol–water partition coefficient (Wildman–Crippen LogP) is 2.13. The monoisotopic (exact) mass is 208 g/mol. The van der Waals surface area contributed by atoms with E-state index >= 15 is 0 Å². The molecule has 0 aromatic carbocycles. The van der Waals surface area contributed by atoms with Crippen LogP contribution in [0.2, 0.25) is 0 Å². The number of nitrogens with zero attached hydrogens (tertiary/aromatic N) is 1. The van der Waals surface area contributed by atoms with Crippen molar-refractivity contribution in [3.8, 4) is 0 Å². The Hall–Kier alpha value is -1.32. The van der Waals surface area contributed by atoms with E-state index in [1.807, 2.05) is 0 Å². The quantitative estimate of drug-likeness (QED) is 0.809. The van der Waals surface area contributed by atoms with E-state index in [1.54, 1.807) is 6.92 Å². The molecule has 1 amide bonds. The molecule has 0 unspecified atom stereocenters. The van der Waals surface area contributed by atoms with Crippen LogP contribution in [-0.4, -0.2) is 10.9 Å². The van der Waals surface area contributed by atoms with Crippen molar-refractivity contribution in [3.63, 3.8) is 0 Å². The Balaban J connectivity index is 2.21. The second-order valence-corrected chi connectivity index (χ2v) is 4.16. The van der Waals surface area contributed by atoms with Crippen molar-refractivity contribution in [1.29, 1.82) is 0 Å². The lowest BCUT2D eigenvalue weighted by atomic mass is 9.89. The number of hydrogen-bond acceptors (Lipinski definition) is 3. The highest BCUT2D eigenvalue weighted by molar-refractivity contribution is 5.91. The van der Waals surface area contributed by atoms with Gasteiger partial charge >= 0.3 is 0 Å². The van der Waals surface area contributed by atoms with Crippen molar-refractivity contribution in [2.45, 2.75) is 44.9 Å². The number of aryl methyl sites for hydroxylation is 1. The van der Waals surface area contributed by atoms with Crippen LogP contribution in [0.4, 0.5) is 0 Å². The van der Waals surface area contributed by atoms with E-state index in [2.05, 4.69) is 4.98 Å². The number of oxazole rings is 1. The van der Waals surface area contributed by atoms with E-state index in [0.717, 1.165) is 12.8 Å². The minimum absolute atomic E-state index is 0.288. The van der Waals surface area contributed by atoms with Gasteiger partial charge < -0.3 is 10.2 Å². The summed E-state index contributed by atoms with van der Waals surface area (Å²) in [5.41, 5.74) is 5.48. The van der Waals surface area contributed by atoms with Crippen molar-refractivity contribution in [1.82, 2.24) is 4.98 Å². The first-order chi connectivity index (χ1) is 7.18. The Morgan fingerprint density at radius 3 is 2.60 bits per heavy atom. The van der Waals surface area contributed by atoms with Crippen LogP contribution in [0.15, 0.2) is 4.42 Å². The highest BCUT2D eigenvalue weighted by Crippen LogP contribution is 2.32. The molecule has 1 aliphatic carbocycles. The van der Waals surface area contributed by atoms with Crippen molar-refractivity contribution in [2.24, 2.45) is 5.73 Å². The lowest BCUT2D eigenvalue weighted by Gasteiger charge is -2.17. The van der Waals surface area contributed by atoms with Gasteiger partial charge in [-0.05, 0) is 19.8 Å². The lowest BCUT2D eigenvalue weighted by Crippen LogP contribution is -2.13. The third-order valence-corrected chi connectivity index (χ3v) is 3.00. The molecule has 2 N–H and O–H groups in total. The normalized spacial score (nSPS) is 17.9. The van der Waals surface area contributed by atoms with Gasteiger partial charge in [0.15, 0.2) is 11.6 Å². The minimum Gasteiger partial charge on any atom is -0.445 e. The first kappa shape index (κ1) is 10.2. The summed E-state index contributed by atoms with van der Waals surface area (Å²) in [6.07, 6.45) is 5.95. The predicted molar refractivity (Wildman–Crippen MR) is 55.6 cm³/mol. The Labute approximate surface area is 88.9 Å². The van der Waals surface area contributed by atoms with Crippen LogP contribution in [0.3, 0.4) is 0 Å². The first-order valence-electron chi connectivity index (χ1n) is 5.45. The van der Waals surface area contributed by atoms with Crippen molar-refractivity contribution in [2.75, 3.05) is 0 Å². The zero-order valence-corrected chi connectivity index (χ0v) is 8.95. The molecule has 82 valence electrons. The highest BCUT2D eigenvalue weighted by atomic mass is 16.4. The second kappa shape index (κ2) is 4.04. The van der Waals surface area contributed by atoms with Crippen LogP contribution in [0, 0.1) is 6.92 Å². The fourth-order valence-corrected chi connectivity index (χ4v) is 2.17. The van der Waals surface area contributed by atoms with E-state index in [4.69, 9.17) is 10.2 Å². The Bertz CT molecular complexity index is 365. The summed E-state index contributed by atoms with van der Waals surface area (Å²) in [6.45, 7) is 1.74. The van der Waals surface area contributed by atoms with Gasteiger partial charge in [0.1, 0.15) is 5.76 Å². The van der Waals surface area contributed by atoms with Crippen LogP contribution in [-0.2, 0) is 0 Å². The third-order valence-electron chi connectivity index (χ3n) is 3.00. The van der Waals surface area contributed by atoms with E-state index < -0.39 is 5.91 Å². The van der Waals surface area contributed by atoms with Gasteiger partial charge in [-0.15, -0.1) is 0 Å². The molecule has 2 rings (SSSR count). The molecule has 4 nitrogen and oxygen atoms in total. The molecule has 1 saturated carbocycles. The van der Waals surface area contributed by atoms with Crippen molar-refractivity contribution >= 4 is 5.91 Å². The molecule has 15 heavy (non-hydrogen) atoms. The van der Waals surface area contributed by atoms with E-state index in [0.29, 0.717) is 17.6 Å². The average Bonchev–Trinajstić information content (AvgIpc) is 2.62. The van der Waals surface area contributed by atoms with Crippen LogP contribution in [0.5, 0.6) is 0 Å². The summed E-state index contributed by atoms with van der Waals surface area (Å²) < 4.78 is 5.50. The standard InChI is InChI=1S/C11H16N2O2/c1-7-9(10(12)14)13-11(15-7)8-5-3-2-4-6-8/h8H,2-6H2,1H3,(H2,12,14). The summed E-state index contributed by atoms with van der Waals surface area (Å²) in [5.74, 6) is 1.12. The van der Waals surface area contributed by atoms with Crippen molar-refractivity contribution in [3.05, 3.63) is 17.3 Å². The van der Waals surface area contributed by atoms with Crippen LogP contribution < -0.4 is 5.73 Å². The van der Waals surface area contributed by atoms with Gasteiger partial charge in [0.25, 0.3) is 5.91 Å². The van der Waals surface area contributed by atoms with Gasteiger partial charge in [-0.3, -0.25) is 4.79 Å². The average molecular weight is 208 g/mol. The van der Waals surface area contributed by atoms with Crippen LogP contribution >= 0.6 is 0 Å². The number of hydrogen-bond donors (Lipinski definition) is 1. The molecule has 0 spiro atoms. The van der Waals surface area contributed by atoms with Crippen LogP contribution in [0.25, 0.3) is 0 Å². The number of rotatable bonds is 2. The topological polar surface area (TPSA) is 69.1 Å². The molecule has 1 aromatic rings. The zero-order valence-electron chi connectivity index (χ0n) is 8.95. The zero-order chi connectivity index (χ0) is 10.8. The van der Waals surface area contributed by atoms with Crippen LogP contribution in [0.1, 0.15) is 60.2 Å². The number of amides is 1. The number of carbonyl (C=O) groups excluding carboxylic acids is 1. The molecule has 0 atom stereocenters. The second-order valence-electron chi connectivity index (χ2n) is 4.16. The van der Waals surface area contributed by atoms with E-state index in [-0.39, 0.29) is 5.69 Å². The summed E-state index contributed by atoms with van der Waals surface area (Å²) in [6, 6.07) is 0. The molecule has 4 heteroatoms. The van der Waals surface area contributed by atoms with Gasteiger partial charge in [0.05, 0.1) is 0 Å². The molecule has 0 bridgehead atoms. The fraction of sp³-hybridized carbons (Fsp3) is 0.636. The molecular formula is C11H16N2O2. The van der Waals surface area contributed by atoms with Gasteiger partial charge in [-0.25, -0.2) is 4.98 Å². The molecule has 1 aromatic heterocycles. The van der Waals surface area contributed by atoms with Gasteiger partial charge in [-0.2, -0.15) is 0 Å². The maximum atomic E-state index is 11.0. The fourth-order valence-electron chi connectivity index (χ4n) is 2.17. The van der Waals surface area contributed by atoms with Gasteiger partial charge in [0, 0.05) is 5.92 Å². The molecule has 0 aliphatic heterocycles. The molecular weight excluding hydrogens is 192 g/mol. The van der Waals surface area contributed by atoms with E-state index in [1.165, 1.54) is 19.3 Å². The third kappa shape index (κ3) is 2.03. The molecule has 1 aliphatic rings. The number of aromatic nitrogens is 1. The number of primary amides is 1. The summed E-state index contributed by atoms with van der Waals surface area (Å²) in [7, 11) is 0. The van der Waals surface area contributed by atoms with Crippen molar-refractivity contribution < 1.29 is 9.21 Å². The molecule has 0 radical (unpaired) electrons. The molecule has 1 fully saturated rings. The number of nitrogens with two attached hydrogens (primary N) is 1. The van der Waals surface area contributed by atoms with E-state index in [9.17, 15) is 4.79 Å². The highest BCUT2D eigenvalue weighted by Gasteiger charge is 2.23. The Morgan fingerprint density at radius 1 is 1.40 bits per heavy atom. The SMILES string of the molecule is Cc1oc(C2CCCCC2)nc1C(N)=O. The smallest absolute Gasteiger partial charge is 0.270 e. The maximum absolute atomic E-state index is 11.0. The molecule has 0 saturated heterocycles. The first-order valence-corrected chi connectivity index (χ1v) is 5.45. The largest absolute Gasteiger partial charge is 0.445 e. The Morgan fingerprint density at radius 2 is 2.07 bits per heavy atom. The Kier molecular flexibility index (Phi) is 2.75. The summed E-state index contributed by atoms with van der Waals surface area (Å²) in [4.78, 5) is 15.2. The molecule has 1 heterocycles. The van der Waals surface area contributed by atoms with Gasteiger partial charge in [-0.1, -0.05) is 19.3 Å². The van der Waals surface area contributed by atoms with Gasteiger partial charge in [0.2, 0.25) is 0 Å². The summed E-state index contributed by atoms with van der Waals surface area (Å²) in [5, 5.41) is 0.